The maximum Gasteiger partial charge on any atom is 0.120 e. The number of rotatable bonds is 2. The first-order chi connectivity index (χ1) is 9.13. The maximum atomic E-state index is 9.78. The van der Waals surface area contributed by atoms with Gasteiger partial charge in [-0.3, -0.25) is 0 Å². The van der Waals surface area contributed by atoms with Crippen molar-refractivity contribution in [2.45, 2.75) is 32.2 Å². The number of anilines is 1. The number of halogens is 1. The molecule has 0 bridgehead atoms. The molecule has 0 amide bonds. The molecule has 100 valence electrons. The molecule has 3 rings (SSSR count). The third kappa shape index (κ3) is 2.65. The summed E-state index contributed by atoms with van der Waals surface area (Å²) in [7, 11) is 0. The van der Waals surface area contributed by atoms with E-state index in [1.807, 2.05) is 36.5 Å². The lowest BCUT2D eigenvalue weighted by atomic mass is 9.94. The zero-order valence-corrected chi connectivity index (χ0v) is 13.1. The summed E-state index contributed by atoms with van der Waals surface area (Å²) in [4.78, 5) is 1.48. The molecule has 1 aromatic carbocycles. The number of thiophene rings is 1. The van der Waals surface area contributed by atoms with Crippen molar-refractivity contribution in [3.63, 3.8) is 0 Å². The molecule has 0 aliphatic heterocycles. The van der Waals surface area contributed by atoms with Gasteiger partial charge < -0.3 is 10.4 Å². The first-order valence-corrected chi connectivity index (χ1v) is 8.08. The number of aromatic hydroxyl groups is 1. The number of nitrogens with one attached hydrogen (secondary N) is 1. The molecular formula is C15H16BrNOS. The number of fused-ring (bicyclic) bond motifs is 1. The summed E-state index contributed by atoms with van der Waals surface area (Å²) in [5.74, 6) is 0.354. The largest absolute Gasteiger partial charge is 0.508 e. The fourth-order valence-corrected chi connectivity index (χ4v) is 4.39. The van der Waals surface area contributed by atoms with E-state index in [4.69, 9.17) is 0 Å². The van der Waals surface area contributed by atoms with Gasteiger partial charge in [0.1, 0.15) is 5.75 Å². The van der Waals surface area contributed by atoms with Gasteiger partial charge in [-0.25, -0.2) is 0 Å². The van der Waals surface area contributed by atoms with E-state index in [2.05, 4.69) is 27.3 Å². The number of hydrogen-bond donors (Lipinski definition) is 2. The van der Waals surface area contributed by atoms with Gasteiger partial charge in [-0.05, 0) is 65.4 Å². The van der Waals surface area contributed by atoms with Gasteiger partial charge in [-0.15, -0.1) is 11.3 Å². The summed E-state index contributed by atoms with van der Waals surface area (Å²) in [6.07, 6.45) is 3.54. The van der Waals surface area contributed by atoms with Gasteiger partial charge in [0.05, 0.1) is 9.83 Å². The molecule has 4 heteroatoms. The summed E-state index contributed by atoms with van der Waals surface area (Å²) in [6.45, 7) is 1.91. The van der Waals surface area contributed by atoms with Crippen LogP contribution in [-0.2, 0) is 6.42 Å². The minimum absolute atomic E-state index is 0.354. The van der Waals surface area contributed by atoms with Gasteiger partial charge in [0.15, 0.2) is 0 Å². The van der Waals surface area contributed by atoms with Crippen molar-refractivity contribution in [3.05, 3.63) is 44.1 Å². The van der Waals surface area contributed by atoms with E-state index in [-0.39, 0.29) is 0 Å². The van der Waals surface area contributed by atoms with Gasteiger partial charge in [0.2, 0.25) is 0 Å². The Balaban J connectivity index is 1.86. The Hall–Kier alpha value is -1.00. The van der Waals surface area contributed by atoms with Crippen LogP contribution in [0.15, 0.2) is 28.1 Å². The molecule has 1 aliphatic rings. The lowest BCUT2D eigenvalue weighted by molar-refractivity contribution is 0.471. The van der Waals surface area contributed by atoms with E-state index in [9.17, 15) is 5.11 Å². The average molecular weight is 338 g/mol. The van der Waals surface area contributed by atoms with Crippen LogP contribution in [0.25, 0.3) is 0 Å². The van der Waals surface area contributed by atoms with Crippen molar-refractivity contribution >= 4 is 33.0 Å². The topological polar surface area (TPSA) is 32.3 Å². The van der Waals surface area contributed by atoms with Crippen LogP contribution in [0.3, 0.4) is 0 Å². The Labute approximate surface area is 125 Å². The van der Waals surface area contributed by atoms with Crippen LogP contribution >= 0.6 is 27.3 Å². The number of benzene rings is 1. The molecule has 0 fully saturated rings. The molecule has 19 heavy (non-hydrogen) atoms. The van der Waals surface area contributed by atoms with Crippen LogP contribution in [0.4, 0.5) is 5.69 Å². The third-order valence-corrected chi connectivity index (χ3v) is 5.35. The molecule has 1 aromatic heterocycles. The lowest BCUT2D eigenvalue weighted by Crippen LogP contribution is -2.15. The SMILES string of the molecule is Cc1ccc(NC2CCCc3sc(Br)cc32)cc1O. The number of phenols is 1. The number of hydrogen-bond acceptors (Lipinski definition) is 3. The predicted molar refractivity (Wildman–Crippen MR) is 84.2 cm³/mol. The van der Waals surface area contributed by atoms with Gasteiger partial charge in [-0.2, -0.15) is 0 Å². The summed E-state index contributed by atoms with van der Waals surface area (Å²) in [5.41, 5.74) is 3.31. The van der Waals surface area contributed by atoms with Crippen LogP contribution in [0.5, 0.6) is 5.75 Å². The Morgan fingerprint density at radius 3 is 3.00 bits per heavy atom. The van der Waals surface area contributed by atoms with E-state index in [1.165, 1.54) is 27.1 Å². The predicted octanol–water partition coefficient (Wildman–Crippen LogP) is 5.01. The number of aryl methyl sites for hydroxylation is 2. The van der Waals surface area contributed by atoms with E-state index in [0.717, 1.165) is 17.7 Å². The Morgan fingerprint density at radius 1 is 1.37 bits per heavy atom. The van der Waals surface area contributed by atoms with E-state index in [1.54, 1.807) is 0 Å². The summed E-state index contributed by atoms with van der Waals surface area (Å²) >= 11 is 5.41. The second-order valence-corrected chi connectivity index (χ2v) is 7.54. The van der Waals surface area contributed by atoms with Crippen LogP contribution in [0, 0.1) is 6.92 Å². The van der Waals surface area contributed by atoms with Crippen LogP contribution in [-0.4, -0.2) is 5.11 Å². The fraction of sp³-hybridized carbons (Fsp3) is 0.333. The highest BCUT2D eigenvalue weighted by atomic mass is 79.9. The molecule has 2 N–H and O–H groups in total. The summed E-state index contributed by atoms with van der Waals surface area (Å²) in [6, 6.07) is 8.37. The highest BCUT2D eigenvalue weighted by Gasteiger charge is 2.22. The van der Waals surface area contributed by atoms with Crippen molar-refractivity contribution < 1.29 is 5.11 Å². The van der Waals surface area contributed by atoms with Crippen LogP contribution in [0.1, 0.15) is 34.9 Å². The normalized spacial score (nSPS) is 18.1. The second-order valence-electron chi connectivity index (χ2n) is 5.02. The van der Waals surface area contributed by atoms with Gasteiger partial charge in [-0.1, -0.05) is 6.07 Å². The van der Waals surface area contributed by atoms with E-state index < -0.39 is 0 Å². The maximum absolute atomic E-state index is 9.78. The van der Waals surface area contributed by atoms with E-state index in [0.29, 0.717) is 11.8 Å². The fourth-order valence-electron chi connectivity index (χ4n) is 2.57. The van der Waals surface area contributed by atoms with Gasteiger partial charge >= 0.3 is 0 Å². The summed E-state index contributed by atoms with van der Waals surface area (Å²) < 4.78 is 1.21. The Bertz CT molecular complexity index is 608. The molecule has 0 spiro atoms. The Morgan fingerprint density at radius 2 is 2.21 bits per heavy atom. The molecule has 1 atom stereocenters. The number of phenolic OH excluding ortho intramolecular Hbond substituents is 1. The van der Waals surface area contributed by atoms with Crippen LogP contribution < -0.4 is 5.32 Å². The molecule has 0 saturated carbocycles. The molecule has 0 saturated heterocycles. The minimum Gasteiger partial charge on any atom is -0.508 e. The molecule has 2 nitrogen and oxygen atoms in total. The first kappa shape index (κ1) is 13.0. The third-order valence-electron chi connectivity index (χ3n) is 3.63. The zero-order valence-electron chi connectivity index (χ0n) is 10.7. The molecule has 0 radical (unpaired) electrons. The zero-order chi connectivity index (χ0) is 13.4. The van der Waals surface area contributed by atoms with Gasteiger partial charge in [0, 0.05) is 16.6 Å². The monoisotopic (exact) mass is 337 g/mol. The molecule has 2 aromatic rings. The highest BCUT2D eigenvalue weighted by molar-refractivity contribution is 9.11. The molecule has 1 heterocycles. The first-order valence-electron chi connectivity index (χ1n) is 6.48. The quantitative estimate of drug-likeness (QED) is 0.806. The molecule has 1 unspecified atom stereocenters. The van der Waals surface area contributed by atoms with Crippen molar-refractivity contribution in [3.8, 4) is 5.75 Å². The van der Waals surface area contributed by atoms with Crippen molar-refractivity contribution in [1.29, 1.82) is 0 Å². The van der Waals surface area contributed by atoms with Crippen molar-refractivity contribution in [2.75, 3.05) is 5.32 Å². The summed E-state index contributed by atoms with van der Waals surface area (Å²) in [5, 5.41) is 13.3. The molecule has 1 aliphatic carbocycles. The molecular weight excluding hydrogens is 322 g/mol. The van der Waals surface area contributed by atoms with E-state index >= 15 is 0 Å². The average Bonchev–Trinajstić information content (AvgIpc) is 2.75. The van der Waals surface area contributed by atoms with Crippen molar-refractivity contribution in [2.24, 2.45) is 0 Å². The smallest absolute Gasteiger partial charge is 0.120 e. The second kappa shape index (κ2) is 5.17. The van der Waals surface area contributed by atoms with Gasteiger partial charge in [0.25, 0.3) is 0 Å². The Kier molecular flexibility index (Phi) is 3.54. The highest BCUT2D eigenvalue weighted by Crippen LogP contribution is 2.39. The minimum atomic E-state index is 0.354. The van der Waals surface area contributed by atoms with Crippen LogP contribution in [0.2, 0.25) is 0 Å². The standard InChI is InChI=1S/C15H16BrNOS/c1-9-5-6-10(7-13(9)18)17-12-3-2-4-14-11(12)8-15(16)19-14/h5-8,12,17-18H,2-4H2,1H3. The van der Waals surface area contributed by atoms with Crippen molar-refractivity contribution in [1.82, 2.24) is 0 Å². The lowest BCUT2D eigenvalue weighted by Gasteiger charge is -2.24.